The molecular formula is C27H31NO7. The summed E-state index contributed by atoms with van der Waals surface area (Å²) in [4.78, 5) is 53.4. The number of nitrogens with zero attached hydrogens (tertiary/aromatic N) is 1. The van der Waals surface area contributed by atoms with Crippen LogP contribution in [0.2, 0.25) is 0 Å². The SMILES string of the molecule is CCOC(=O)[C@H](C(C)C)N1C(=O)[C@@H](C(=O)OC)[C@@H]1C(OC(C)=O)(c1ccccc1)c1ccccc1. The minimum atomic E-state index is -1.60. The van der Waals surface area contributed by atoms with Crippen LogP contribution in [0.15, 0.2) is 60.7 Å². The predicted octanol–water partition coefficient (Wildman–Crippen LogP) is 3.08. The second-order valence-corrected chi connectivity index (χ2v) is 8.69. The molecule has 186 valence electrons. The van der Waals surface area contributed by atoms with Crippen molar-refractivity contribution in [3.8, 4) is 0 Å². The Morgan fingerprint density at radius 2 is 1.49 bits per heavy atom. The number of hydrogen-bond acceptors (Lipinski definition) is 7. The normalized spacial score (nSPS) is 18.5. The first kappa shape index (κ1) is 25.9. The molecule has 3 atom stereocenters. The highest BCUT2D eigenvalue weighted by Gasteiger charge is 2.67. The Morgan fingerprint density at radius 3 is 1.89 bits per heavy atom. The van der Waals surface area contributed by atoms with Gasteiger partial charge in [0.15, 0.2) is 11.5 Å². The van der Waals surface area contributed by atoms with Crippen molar-refractivity contribution >= 4 is 23.8 Å². The van der Waals surface area contributed by atoms with Gasteiger partial charge in [-0.25, -0.2) is 4.79 Å². The summed E-state index contributed by atoms with van der Waals surface area (Å²) in [5.74, 6) is -4.21. The Balaban J connectivity index is 2.35. The molecule has 1 aliphatic heterocycles. The zero-order chi connectivity index (χ0) is 25.8. The van der Waals surface area contributed by atoms with E-state index in [2.05, 4.69) is 0 Å². The molecule has 0 unspecified atom stereocenters. The maximum absolute atomic E-state index is 13.5. The molecule has 0 aliphatic carbocycles. The quantitative estimate of drug-likeness (QED) is 0.235. The number of benzene rings is 2. The van der Waals surface area contributed by atoms with Crippen molar-refractivity contribution in [1.82, 2.24) is 4.90 Å². The Kier molecular flexibility index (Phi) is 7.94. The van der Waals surface area contributed by atoms with Gasteiger partial charge in [-0.3, -0.25) is 14.4 Å². The molecule has 8 nitrogen and oxygen atoms in total. The molecular weight excluding hydrogens is 450 g/mol. The van der Waals surface area contributed by atoms with Crippen molar-refractivity contribution in [2.75, 3.05) is 13.7 Å². The first-order valence-corrected chi connectivity index (χ1v) is 11.6. The van der Waals surface area contributed by atoms with Crippen LogP contribution in [0.25, 0.3) is 0 Å². The van der Waals surface area contributed by atoms with E-state index < -0.39 is 47.4 Å². The third-order valence-electron chi connectivity index (χ3n) is 6.18. The summed E-state index contributed by atoms with van der Waals surface area (Å²) in [5.41, 5.74) is -0.505. The fourth-order valence-electron chi connectivity index (χ4n) is 4.83. The maximum atomic E-state index is 13.5. The lowest BCUT2D eigenvalue weighted by molar-refractivity contribution is -0.206. The van der Waals surface area contributed by atoms with Crippen molar-refractivity contribution in [3.63, 3.8) is 0 Å². The Morgan fingerprint density at radius 1 is 0.971 bits per heavy atom. The molecule has 1 fully saturated rings. The summed E-state index contributed by atoms with van der Waals surface area (Å²) >= 11 is 0. The van der Waals surface area contributed by atoms with E-state index in [1.165, 1.54) is 18.9 Å². The van der Waals surface area contributed by atoms with Gasteiger partial charge in [-0.05, 0) is 12.8 Å². The van der Waals surface area contributed by atoms with Gasteiger partial charge in [-0.1, -0.05) is 74.5 Å². The maximum Gasteiger partial charge on any atom is 0.329 e. The van der Waals surface area contributed by atoms with Crippen molar-refractivity contribution in [2.45, 2.75) is 45.4 Å². The predicted molar refractivity (Wildman–Crippen MR) is 127 cm³/mol. The number of rotatable bonds is 9. The first-order chi connectivity index (χ1) is 16.7. The number of carbonyl (C=O) groups excluding carboxylic acids is 4. The van der Waals surface area contributed by atoms with E-state index in [1.54, 1.807) is 69.3 Å². The van der Waals surface area contributed by atoms with E-state index in [-0.39, 0.29) is 12.5 Å². The molecule has 35 heavy (non-hydrogen) atoms. The number of likely N-dealkylation sites (tertiary alicyclic amines) is 1. The standard InChI is InChI=1S/C27H31NO7/c1-6-34-26(32)22(17(2)3)28-23(21(24(28)30)25(31)33-5)27(35-18(4)29,19-13-9-7-10-14-19)20-15-11-8-12-16-20/h7-17,21-23H,6H2,1-5H3/t21-,22-,23+/m0/s1. The van der Waals surface area contributed by atoms with Gasteiger partial charge in [0.2, 0.25) is 5.91 Å². The molecule has 2 aromatic rings. The lowest BCUT2D eigenvalue weighted by Gasteiger charge is -2.56. The van der Waals surface area contributed by atoms with Crippen molar-refractivity contribution < 1.29 is 33.4 Å². The summed E-state index contributed by atoms with van der Waals surface area (Å²) in [7, 11) is 1.19. The topological polar surface area (TPSA) is 99.2 Å². The number of methoxy groups -OCH3 is 1. The van der Waals surface area contributed by atoms with Crippen LogP contribution in [-0.4, -0.2) is 54.5 Å². The summed E-state index contributed by atoms with van der Waals surface area (Å²) in [6.07, 6.45) is 0. The van der Waals surface area contributed by atoms with Crippen LogP contribution in [0.5, 0.6) is 0 Å². The Labute approximate surface area is 205 Å². The molecule has 0 spiro atoms. The molecule has 3 rings (SSSR count). The third-order valence-corrected chi connectivity index (χ3v) is 6.18. The highest BCUT2D eigenvalue weighted by molar-refractivity contribution is 6.06. The van der Waals surface area contributed by atoms with Crippen LogP contribution < -0.4 is 0 Å². The molecule has 1 heterocycles. The molecule has 1 saturated heterocycles. The molecule has 1 amide bonds. The minimum absolute atomic E-state index is 0.127. The van der Waals surface area contributed by atoms with E-state index >= 15 is 0 Å². The van der Waals surface area contributed by atoms with E-state index in [4.69, 9.17) is 14.2 Å². The van der Waals surface area contributed by atoms with Crippen LogP contribution in [0, 0.1) is 11.8 Å². The Bertz CT molecular complexity index is 1030. The van der Waals surface area contributed by atoms with Gasteiger partial charge in [-0.2, -0.15) is 0 Å². The van der Waals surface area contributed by atoms with Gasteiger partial charge in [0, 0.05) is 18.1 Å². The van der Waals surface area contributed by atoms with Crippen molar-refractivity contribution in [1.29, 1.82) is 0 Å². The van der Waals surface area contributed by atoms with E-state index in [1.807, 2.05) is 12.1 Å². The number of amides is 1. The fraction of sp³-hybridized carbons (Fsp3) is 0.407. The Hall–Kier alpha value is -3.68. The number of hydrogen-bond donors (Lipinski definition) is 0. The minimum Gasteiger partial charge on any atom is -0.468 e. The summed E-state index contributed by atoms with van der Waals surface area (Å²) in [6, 6.07) is 15.7. The lowest BCUT2D eigenvalue weighted by Crippen LogP contribution is -2.75. The average molecular weight is 482 g/mol. The van der Waals surface area contributed by atoms with E-state index in [0.717, 1.165) is 0 Å². The van der Waals surface area contributed by atoms with Gasteiger partial charge in [0.05, 0.1) is 13.7 Å². The molecule has 0 aromatic heterocycles. The molecule has 1 aliphatic rings. The van der Waals surface area contributed by atoms with Gasteiger partial charge in [-0.15, -0.1) is 0 Å². The number of β-lactam (4-membered cyclic amide) rings is 1. The molecule has 0 radical (unpaired) electrons. The van der Waals surface area contributed by atoms with Crippen LogP contribution >= 0.6 is 0 Å². The van der Waals surface area contributed by atoms with Gasteiger partial charge in [0.1, 0.15) is 12.1 Å². The zero-order valence-electron chi connectivity index (χ0n) is 20.6. The number of ether oxygens (including phenoxy) is 3. The second kappa shape index (κ2) is 10.7. The molecule has 2 aromatic carbocycles. The highest BCUT2D eigenvalue weighted by Crippen LogP contribution is 2.49. The van der Waals surface area contributed by atoms with Gasteiger partial charge >= 0.3 is 17.9 Å². The monoisotopic (exact) mass is 481 g/mol. The van der Waals surface area contributed by atoms with Crippen LogP contribution in [0.3, 0.4) is 0 Å². The van der Waals surface area contributed by atoms with Crippen LogP contribution in [0.1, 0.15) is 38.8 Å². The summed E-state index contributed by atoms with van der Waals surface area (Å²) < 4.78 is 16.4. The highest BCUT2D eigenvalue weighted by atomic mass is 16.6. The summed E-state index contributed by atoms with van der Waals surface area (Å²) in [5, 5.41) is 0. The van der Waals surface area contributed by atoms with Crippen LogP contribution in [0.4, 0.5) is 0 Å². The second-order valence-electron chi connectivity index (χ2n) is 8.69. The zero-order valence-corrected chi connectivity index (χ0v) is 20.6. The van der Waals surface area contributed by atoms with Crippen molar-refractivity contribution in [2.24, 2.45) is 11.8 Å². The van der Waals surface area contributed by atoms with Gasteiger partial charge in [0.25, 0.3) is 0 Å². The molecule has 0 saturated carbocycles. The van der Waals surface area contributed by atoms with E-state index in [9.17, 15) is 19.2 Å². The first-order valence-electron chi connectivity index (χ1n) is 11.6. The van der Waals surface area contributed by atoms with Gasteiger partial charge < -0.3 is 19.1 Å². The number of esters is 3. The fourth-order valence-corrected chi connectivity index (χ4v) is 4.83. The molecule has 8 heteroatoms. The number of carbonyl (C=O) groups is 4. The lowest BCUT2D eigenvalue weighted by atomic mass is 9.67. The molecule has 0 N–H and O–H groups in total. The summed E-state index contributed by atoms with van der Waals surface area (Å²) in [6.45, 7) is 6.65. The smallest absolute Gasteiger partial charge is 0.329 e. The third kappa shape index (κ3) is 4.65. The molecule has 0 bridgehead atoms. The van der Waals surface area contributed by atoms with Crippen LogP contribution in [-0.2, 0) is 39.0 Å². The largest absolute Gasteiger partial charge is 0.468 e. The van der Waals surface area contributed by atoms with Crippen molar-refractivity contribution in [3.05, 3.63) is 71.8 Å². The van der Waals surface area contributed by atoms with E-state index in [0.29, 0.717) is 11.1 Å². The average Bonchev–Trinajstić information content (AvgIpc) is 2.84.